The Morgan fingerprint density at radius 3 is 3.00 bits per heavy atom. The van der Waals surface area contributed by atoms with E-state index in [0.717, 1.165) is 19.5 Å². The number of carbonyl (C=O) groups is 1. The maximum Gasteiger partial charge on any atom is 0.210 e. The Labute approximate surface area is 70.5 Å². The standard InChI is InChI=1S/C8H11NOS/c1-2-9(7-10)6-8-4-3-5-11-8/h3-5,7H,2,6H2,1H3. The van der Waals surface area contributed by atoms with Crippen LogP contribution < -0.4 is 0 Å². The molecule has 1 aromatic heterocycles. The number of rotatable bonds is 4. The van der Waals surface area contributed by atoms with E-state index in [1.165, 1.54) is 4.88 Å². The first-order valence-electron chi connectivity index (χ1n) is 3.58. The minimum absolute atomic E-state index is 0.748. The van der Waals surface area contributed by atoms with Gasteiger partial charge in [0.05, 0.1) is 6.54 Å². The van der Waals surface area contributed by atoms with Gasteiger partial charge >= 0.3 is 0 Å². The summed E-state index contributed by atoms with van der Waals surface area (Å²) in [6.07, 6.45) is 0.889. The molecule has 1 heterocycles. The summed E-state index contributed by atoms with van der Waals surface area (Å²) in [5, 5.41) is 2.02. The molecule has 1 amide bonds. The predicted octanol–water partition coefficient (Wildman–Crippen LogP) is 1.73. The highest BCUT2D eigenvalue weighted by Gasteiger charge is 1.99. The predicted molar refractivity (Wildman–Crippen MR) is 46.5 cm³/mol. The van der Waals surface area contributed by atoms with E-state index in [1.807, 2.05) is 24.4 Å². The smallest absolute Gasteiger partial charge is 0.210 e. The van der Waals surface area contributed by atoms with Crippen LogP contribution in [0.5, 0.6) is 0 Å². The first-order chi connectivity index (χ1) is 5.36. The Kier molecular flexibility index (Phi) is 3.11. The maximum atomic E-state index is 10.4. The van der Waals surface area contributed by atoms with Crippen molar-refractivity contribution < 1.29 is 4.79 Å². The summed E-state index contributed by atoms with van der Waals surface area (Å²) in [7, 11) is 0. The molecular weight excluding hydrogens is 158 g/mol. The van der Waals surface area contributed by atoms with Crippen LogP contribution in [0.1, 0.15) is 11.8 Å². The molecule has 2 nitrogen and oxygen atoms in total. The van der Waals surface area contributed by atoms with Crippen molar-refractivity contribution in [2.24, 2.45) is 0 Å². The molecule has 0 unspecified atom stereocenters. The van der Waals surface area contributed by atoms with Gasteiger partial charge < -0.3 is 4.90 Å². The molecule has 0 fully saturated rings. The zero-order valence-electron chi connectivity index (χ0n) is 6.49. The van der Waals surface area contributed by atoms with Crippen molar-refractivity contribution in [3.8, 4) is 0 Å². The minimum atomic E-state index is 0.748. The fraction of sp³-hybridized carbons (Fsp3) is 0.375. The summed E-state index contributed by atoms with van der Waals surface area (Å²) in [5.74, 6) is 0. The summed E-state index contributed by atoms with van der Waals surface area (Å²) in [6.45, 7) is 3.50. The van der Waals surface area contributed by atoms with Crippen LogP contribution in [-0.4, -0.2) is 17.9 Å². The van der Waals surface area contributed by atoms with Crippen molar-refractivity contribution in [3.05, 3.63) is 22.4 Å². The van der Waals surface area contributed by atoms with Gasteiger partial charge in [-0.15, -0.1) is 11.3 Å². The van der Waals surface area contributed by atoms with E-state index in [4.69, 9.17) is 0 Å². The second-order valence-electron chi connectivity index (χ2n) is 2.25. The van der Waals surface area contributed by atoms with Gasteiger partial charge in [0.2, 0.25) is 6.41 Å². The first kappa shape index (κ1) is 8.27. The average Bonchev–Trinajstić information content (AvgIpc) is 2.52. The maximum absolute atomic E-state index is 10.4. The van der Waals surface area contributed by atoms with Gasteiger partial charge in [-0.05, 0) is 18.4 Å². The van der Waals surface area contributed by atoms with Crippen molar-refractivity contribution in [2.75, 3.05) is 6.54 Å². The van der Waals surface area contributed by atoms with Gasteiger partial charge in [-0.2, -0.15) is 0 Å². The summed E-state index contributed by atoms with van der Waals surface area (Å²) in [6, 6.07) is 4.04. The quantitative estimate of drug-likeness (QED) is 0.628. The minimum Gasteiger partial charge on any atom is -0.340 e. The van der Waals surface area contributed by atoms with Gasteiger partial charge in [0.15, 0.2) is 0 Å². The van der Waals surface area contributed by atoms with Crippen molar-refractivity contribution in [2.45, 2.75) is 13.5 Å². The fourth-order valence-corrected chi connectivity index (χ4v) is 1.56. The third kappa shape index (κ3) is 2.35. The summed E-state index contributed by atoms with van der Waals surface area (Å²) >= 11 is 1.68. The molecule has 0 atom stereocenters. The molecule has 0 aliphatic carbocycles. The lowest BCUT2D eigenvalue weighted by Gasteiger charge is -2.12. The van der Waals surface area contributed by atoms with Gasteiger partial charge in [-0.1, -0.05) is 6.07 Å². The molecular formula is C8H11NOS. The molecule has 0 N–H and O–H groups in total. The number of nitrogens with zero attached hydrogens (tertiary/aromatic N) is 1. The number of hydrogen-bond acceptors (Lipinski definition) is 2. The monoisotopic (exact) mass is 169 g/mol. The molecule has 1 aromatic rings. The van der Waals surface area contributed by atoms with E-state index >= 15 is 0 Å². The van der Waals surface area contributed by atoms with Gasteiger partial charge in [0, 0.05) is 11.4 Å². The normalized spacial score (nSPS) is 9.55. The second kappa shape index (κ2) is 4.13. The Bertz CT molecular complexity index is 208. The molecule has 0 aliphatic rings. The Hall–Kier alpha value is -0.830. The zero-order valence-corrected chi connectivity index (χ0v) is 7.30. The third-order valence-electron chi connectivity index (χ3n) is 1.49. The van der Waals surface area contributed by atoms with Crippen molar-refractivity contribution in [3.63, 3.8) is 0 Å². The number of thiophene rings is 1. The zero-order chi connectivity index (χ0) is 8.10. The number of carbonyl (C=O) groups excluding carboxylic acids is 1. The molecule has 11 heavy (non-hydrogen) atoms. The van der Waals surface area contributed by atoms with E-state index in [9.17, 15) is 4.79 Å². The molecule has 60 valence electrons. The van der Waals surface area contributed by atoms with Crippen LogP contribution in [0.2, 0.25) is 0 Å². The summed E-state index contributed by atoms with van der Waals surface area (Å²) in [4.78, 5) is 13.4. The van der Waals surface area contributed by atoms with Crippen molar-refractivity contribution >= 4 is 17.7 Å². The summed E-state index contributed by atoms with van der Waals surface area (Å²) in [5.41, 5.74) is 0. The number of amides is 1. The molecule has 0 aromatic carbocycles. The second-order valence-corrected chi connectivity index (χ2v) is 3.28. The average molecular weight is 169 g/mol. The highest BCUT2D eigenvalue weighted by Crippen LogP contribution is 2.10. The van der Waals surface area contributed by atoms with Crippen LogP contribution in [0.15, 0.2) is 17.5 Å². The molecule has 0 saturated carbocycles. The molecule has 0 radical (unpaired) electrons. The summed E-state index contributed by atoms with van der Waals surface area (Å²) < 4.78 is 0. The highest BCUT2D eigenvalue weighted by molar-refractivity contribution is 7.09. The molecule has 0 bridgehead atoms. The van der Waals surface area contributed by atoms with Gasteiger partial charge in [0.25, 0.3) is 0 Å². The van der Waals surface area contributed by atoms with Crippen LogP contribution in [0, 0.1) is 0 Å². The first-order valence-corrected chi connectivity index (χ1v) is 4.46. The van der Waals surface area contributed by atoms with Crippen LogP contribution in [-0.2, 0) is 11.3 Å². The molecule has 3 heteroatoms. The van der Waals surface area contributed by atoms with Gasteiger partial charge in [-0.25, -0.2) is 0 Å². The lowest BCUT2D eigenvalue weighted by Crippen LogP contribution is -2.19. The molecule has 0 aliphatic heterocycles. The molecule has 0 saturated heterocycles. The van der Waals surface area contributed by atoms with Crippen molar-refractivity contribution in [1.82, 2.24) is 4.90 Å². The third-order valence-corrected chi connectivity index (χ3v) is 2.36. The van der Waals surface area contributed by atoms with Crippen molar-refractivity contribution in [1.29, 1.82) is 0 Å². The lowest BCUT2D eigenvalue weighted by molar-refractivity contribution is -0.118. The van der Waals surface area contributed by atoms with E-state index < -0.39 is 0 Å². The Morgan fingerprint density at radius 2 is 2.55 bits per heavy atom. The van der Waals surface area contributed by atoms with Gasteiger partial charge in [0.1, 0.15) is 0 Å². The molecule has 1 rings (SSSR count). The molecule has 0 spiro atoms. The Balaban J connectivity index is 2.47. The van der Waals surface area contributed by atoms with Crippen LogP contribution in [0.3, 0.4) is 0 Å². The largest absolute Gasteiger partial charge is 0.340 e. The van der Waals surface area contributed by atoms with Crippen LogP contribution in [0.25, 0.3) is 0 Å². The van der Waals surface area contributed by atoms with Crippen LogP contribution >= 0.6 is 11.3 Å². The fourth-order valence-electron chi connectivity index (χ4n) is 0.826. The van der Waals surface area contributed by atoms with Gasteiger partial charge in [-0.3, -0.25) is 4.79 Å². The van der Waals surface area contributed by atoms with E-state index in [1.54, 1.807) is 16.2 Å². The SMILES string of the molecule is CCN(C=O)Cc1cccs1. The van der Waals surface area contributed by atoms with E-state index in [2.05, 4.69) is 0 Å². The van der Waals surface area contributed by atoms with E-state index in [0.29, 0.717) is 0 Å². The Morgan fingerprint density at radius 1 is 1.73 bits per heavy atom. The number of hydrogen-bond donors (Lipinski definition) is 0. The topological polar surface area (TPSA) is 20.3 Å². The lowest BCUT2D eigenvalue weighted by atomic mass is 10.4. The van der Waals surface area contributed by atoms with Crippen LogP contribution in [0.4, 0.5) is 0 Å². The van der Waals surface area contributed by atoms with E-state index in [-0.39, 0.29) is 0 Å². The highest BCUT2D eigenvalue weighted by atomic mass is 32.1.